The van der Waals surface area contributed by atoms with Crippen LogP contribution in [0.3, 0.4) is 0 Å². The molecule has 1 fully saturated rings. The van der Waals surface area contributed by atoms with Gasteiger partial charge in [0.2, 0.25) is 0 Å². The zero-order valence-electron chi connectivity index (χ0n) is 19.5. The van der Waals surface area contributed by atoms with Gasteiger partial charge in [-0.2, -0.15) is 0 Å². The van der Waals surface area contributed by atoms with Crippen LogP contribution in [0.5, 0.6) is 11.5 Å². The summed E-state index contributed by atoms with van der Waals surface area (Å²) in [6.07, 6.45) is 6.47. The van der Waals surface area contributed by atoms with Crippen molar-refractivity contribution in [3.8, 4) is 11.5 Å². The van der Waals surface area contributed by atoms with Gasteiger partial charge >= 0.3 is 0 Å². The van der Waals surface area contributed by atoms with Gasteiger partial charge in [-0.25, -0.2) is 0 Å². The van der Waals surface area contributed by atoms with Crippen LogP contribution in [-0.2, 0) is 6.54 Å². The van der Waals surface area contributed by atoms with Gasteiger partial charge in [0.1, 0.15) is 23.8 Å². The van der Waals surface area contributed by atoms with Gasteiger partial charge in [0.05, 0.1) is 13.7 Å². The second-order valence-electron chi connectivity index (χ2n) is 9.22. The van der Waals surface area contributed by atoms with E-state index >= 15 is 0 Å². The molecule has 0 unspecified atom stereocenters. The van der Waals surface area contributed by atoms with Crippen molar-refractivity contribution in [2.75, 3.05) is 46.5 Å². The number of carbonyl (C=O) groups excluding carboxylic acids is 1. The molecular weight excluding hydrogens is 418 g/mol. The molecule has 3 aliphatic heterocycles. The topological polar surface area (TPSA) is 75.1 Å². The first-order chi connectivity index (χ1) is 16.1. The summed E-state index contributed by atoms with van der Waals surface area (Å²) in [5.74, 6) is 1.38. The van der Waals surface area contributed by atoms with E-state index in [0.29, 0.717) is 31.1 Å². The van der Waals surface area contributed by atoms with Crippen molar-refractivity contribution >= 4 is 5.91 Å². The molecule has 0 spiro atoms. The number of amides is 1. The van der Waals surface area contributed by atoms with Crippen molar-refractivity contribution in [1.82, 2.24) is 14.8 Å². The van der Waals surface area contributed by atoms with Gasteiger partial charge in [0.15, 0.2) is 0 Å². The molecule has 33 heavy (non-hydrogen) atoms. The van der Waals surface area contributed by atoms with E-state index in [1.807, 2.05) is 23.1 Å². The second-order valence-corrected chi connectivity index (χ2v) is 9.22. The highest BCUT2D eigenvalue weighted by Crippen LogP contribution is 2.37. The molecule has 1 N–H and O–H groups in total. The summed E-state index contributed by atoms with van der Waals surface area (Å²) in [4.78, 5) is 21.8. The van der Waals surface area contributed by atoms with Crippen molar-refractivity contribution in [3.63, 3.8) is 0 Å². The first-order valence-electron chi connectivity index (χ1n) is 12.0. The van der Waals surface area contributed by atoms with Crippen LogP contribution in [0.15, 0.2) is 42.6 Å². The molecule has 2 aromatic rings. The Labute approximate surface area is 196 Å². The fourth-order valence-electron chi connectivity index (χ4n) is 4.89. The molecule has 0 atom stereocenters. The Hall–Kier alpha value is -2.64. The van der Waals surface area contributed by atoms with E-state index in [1.54, 1.807) is 25.4 Å². The van der Waals surface area contributed by atoms with Crippen LogP contribution in [0.2, 0.25) is 0 Å². The SMILES string of the molecule is COc1ccnc(C(=O)N2CCCCC3(CO)CCN(CC3)Cc3ccccc3OCC2)c1. The van der Waals surface area contributed by atoms with E-state index in [1.165, 1.54) is 0 Å². The summed E-state index contributed by atoms with van der Waals surface area (Å²) in [7, 11) is 1.58. The van der Waals surface area contributed by atoms with E-state index in [9.17, 15) is 9.90 Å². The van der Waals surface area contributed by atoms with Crippen LogP contribution < -0.4 is 9.47 Å². The number of pyridine rings is 1. The number of nitrogens with zero attached hydrogens (tertiary/aromatic N) is 3. The normalized spacial score (nSPS) is 24.2. The van der Waals surface area contributed by atoms with Crippen LogP contribution in [0, 0.1) is 5.41 Å². The number of hydrogen-bond donors (Lipinski definition) is 1. The van der Waals surface area contributed by atoms with E-state index < -0.39 is 0 Å². The van der Waals surface area contributed by atoms with E-state index in [2.05, 4.69) is 16.0 Å². The molecule has 7 nitrogen and oxygen atoms in total. The minimum absolute atomic E-state index is 0.00408. The maximum atomic E-state index is 13.3. The molecule has 178 valence electrons. The summed E-state index contributed by atoms with van der Waals surface area (Å²) in [6, 6.07) is 11.6. The molecular formula is C26H35N3O4. The number of aliphatic hydroxyl groups excluding tert-OH is 1. The minimum atomic E-state index is -0.112. The van der Waals surface area contributed by atoms with Gasteiger partial charge < -0.3 is 19.5 Å². The molecule has 1 aromatic carbocycles. The van der Waals surface area contributed by atoms with E-state index in [4.69, 9.17) is 9.47 Å². The Morgan fingerprint density at radius 2 is 1.94 bits per heavy atom. The zero-order chi connectivity index (χ0) is 23.1. The molecule has 2 bridgehead atoms. The highest BCUT2D eigenvalue weighted by atomic mass is 16.5. The summed E-state index contributed by atoms with van der Waals surface area (Å²) >= 11 is 0. The largest absolute Gasteiger partial charge is 0.497 e. The number of piperidine rings is 1. The number of carbonyl (C=O) groups is 1. The Bertz CT molecular complexity index is 927. The number of fused-ring (bicyclic) bond motifs is 9. The first-order valence-corrected chi connectivity index (χ1v) is 12.0. The third-order valence-electron chi connectivity index (χ3n) is 7.10. The predicted molar refractivity (Wildman–Crippen MR) is 127 cm³/mol. The molecule has 7 heteroatoms. The Kier molecular flexibility index (Phi) is 7.83. The molecule has 1 saturated heterocycles. The number of aromatic nitrogens is 1. The Morgan fingerprint density at radius 1 is 1.12 bits per heavy atom. The molecule has 0 aliphatic carbocycles. The van der Waals surface area contributed by atoms with Crippen molar-refractivity contribution in [2.45, 2.75) is 38.6 Å². The molecule has 1 amide bonds. The van der Waals surface area contributed by atoms with E-state index in [-0.39, 0.29) is 17.9 Å². The summed E-state index contributed by atoms with van der Waals surface area (Å²) < 4.78 is 11.4. The highest BCUT2D eigenvalue weighted by Gasteiger charge is 2.34. The number of benzene rings is 1. The molecule has 5 rings (SSSR count). The van der Waals surface area contributed by atoms with Crippen LogP contribution in [0.25, 0.3) is 0 Å². The molecule has 3 aliphatic rings. The van der Waals surface area contributed by atoms with E-state index in [0.717, 1.165) is 63.1 Å². The fourth-order valence-corrected chi connectivity index (χ4v) is 4.89. The molecule has 4 heterocycles. The van der Waals surface area contributed by atoms with Gasteiger partial charge in [-0.05, 0) is 56.3 Å². The van der Waals surface area contributed by atoms with Crippen LogP contribution in [0.1, 0.15) is 48.2 Å². The van der Waals surface area contributed by atoms with Crippen LogP contribution in [-0.4, -0.2) is 72.3 Å². The summed E-state index contributed by atoms with van der Waals surface area (Å²) in [5.41, 5.74) is 1.54. The second kappa shape index (κ2) is 11.0. The summed E-state index contributed by atoms with van der Waals surface area (Å²) in [5, 5.41) is 10.2. The average molecular weight is 454 g/mol. The third kappa shape index (κ3) is 5.84. The number of ether oxygens (including phenoxy) is 2. The quantitative estimate of drug-likeness (QED) is 0.768. The standard InChI is InChI=1S/C26H35N3O4/c1-32-22-8-12-27-23(18-22)25(31)29-13-5-4-9-26(20-30)10-14-28(15-11-26)19-21-6-2-3-7-24(21)33-17-16-29/h2-3,6-8,12,18,30H,4-5,9-11,13-17,19-20H2,1H3. The smallest absolute Gasteiger partial charge is 0.272 e. The van der Waals surface area contributed by atoms with Crippen molar-refractivity contribution in [1.29, 1.82) is 0 Å². The predicted octanol–water partition coefficient (Wildman–Crippen LogP) is 3.37. The third-order valence-corrected chi connectivity index (χ3v) is 7.10. The number of para-hydroxylation sites is 1. The van der Waals surface area contributed by atoms with Gasteiger partial charge in [-0.1, -0.05) is 24.6 Å². The van der Waals surface area contributed by atoms with Crippen molar-refractivity contribution in [2.24, 2.45) is 5.41 Å². The van der Waals surface area contributed by atoms with Gasteiger partial charge in [0, 0.05) is 37.5 Å². The van der Waals surface area contributed by atoms with Gasteiger partial charge in [-0.3, -0.25) is 14.7 Å². The Morgan fingerprint density at radius 3 is 2.73 bits per heavy atom. The first kappa shape index (κ1) is 23.5. The average Bonchev–Trinajstić information content (AvgIpc) is 2.87. The highest BCUT2D eigenvalue weighted by molar-refractivity contribution is 5.92. The Balaban J connectivity index is 1.53. The maximum Gasteiger partial charge on any atom is 0.272 e. The van der Waals surface area contributed by atoms with Gasteiger partial charge in [0.25, 0.3) is 5.91 Å². The number of hydrogen-bond acceptors (Lipinski definition) is 6. The number of aliphatic hydroxyl groups is 1. The lowest BCUT2D eigenvalue weighted by molar-refractivity contribution is 0.0319. The molecule has 0 radical (unpaired) electrons. The molecule has 1 aromatic heterocycles. The van der Waals surface area contributed by atoms with Crippen LogP contribution >= 0.6 is 0 Å². The van der Waals surface area contributed by atoms with Crippen LogP contribution in [0.4, 0.5) is 0 Å². The van der Waals surface area contributed by atoms with Gasteiger partial charge in [-0.15, -0.1) is 0 Å². The molecule has 0 saturated carbocycles. The van der Waals surface area contributed by atoms with Crippen molar-refractivity contribution < 1.29 is 19.4 Å². The lowest BCUT2D eigenvalue weighted by Crippen LogP contribution is -2.41. The lowest BCUT2D eigenvalue weighted by atomic mass is 9.75. The maximum absolute atomic E-state index is 13.3. The zero-order valence-corrected chi connectivity index (χ0v) is 19.5. The number of methoxy groups -OCH3 is 1. The lowest BCUT2D eigenvalue weighted by Gasteiger charge is -2.41. The monoisotopic (exact) mass is 453 g/mol. The fraction of sp³-hybridized carbons (Fsp3) is 0.538. The minimum Gasteiger partial charge on any atom is -0.497 e. The van der Waals surface area contributed by atoms with Crippen molar-refractivity contribution in [3.05, 3.63) is 53.9 Å². The number of rotatable bonds is 3. The summed E-state index contributed by atoms with van der Waals surface area (Å²) in [6.45, 7) is 4.59.